The highest BCUT2D eigenvalue weighted by Crippen LogP contribution is 2.36. The summed E-state index contributed by atoms with van der Waals surface area (Å²) in [7, 11) is 0. The van der Waals surface area contributed by atoms with Crippen LogP contribution in [0.15, 0.2) is 11.4 Å². The van der Waals surface area contributed by atoms with E-state index in [1.807, 2.05) is 6.92 Å². The van der Waals surface area contributed by atoms with Crippen molar-refractivity contribution in [2.75, 3.05) is 0 Å². The minimum atomic E-state index is -0.226. The average Bonchev–Trinajstić information content (AvgIpc) is 2.53. The first-order valence-electron chi connectivity index (χ1n) is 4.16. The van der Waals surface area contributed by atoms with Crippen molar-refractivity contribution in [1.82, 2.24) is 0 Å². The van der Waals surface area contributed by atoms with E-state index in [4.69, 9.17) is 0 Å². The smallest absolute Gasteiger partial charge is 0.106 e. The van der Waals surface area contributed by atoms with Crippen molar-refractivity contribution in [2.24, 2.45) is 0 Å². The van der Waals surface area contributed by atoms with E-state index in [0.29, 0.717) is 0 Å². The number of halogens is 1. The fraction of sp³-hybridized carbons (Fsp3) is 0.556. The third kappa shape index (κ3) is 1.17. The third-order valence-corrected chi connectivity index (χ3v) is 3.72. The molecule has 0 spiro atoms. The fourth-order valence-corrected chi connectivity index (χ4v) is 2.86. The summed E-state index contributed by atoms with van der Waals surface area (Å²) in [4.78, 5) is 5.23. The molecule has 3 heteroatoms. The molecule has 0 amide bonds. The predicted octanol–water partition coefficient (Wildman–Crippen LogP) is 3.07. The second kappa shape index (κ2) is 3.15. The Morgan fingerprint density at radius 1 is 1.67 bits per heavy atom. The van der Waals surface area contributed by atoms with E-state index in [1.165, 1.54) is 10.4 Å². The molecule has 0 saturated carbocycles. The summed E-state index contributed by atoms with van der Waals surface area (Å²) in [6.07, 6.45) is 1.54. The van der Waals surface area contributed by atoms with E-state index in [-0.39, 0.29) is 12.0 Å². The van der Waals surface area contributed by atoms with Crippen molar-refractivity contribution in [3.63, 3.8) is 0 Å². The van der Waals surface area contributed by atoms with Crippen molar-refractivity contribution >= 4 is 11.3 Å². The molecule has 2 rings (SSSR count). The molecule has 0 bridgehead atoms. The Morgan fingerprint density at radius 2 is 2.50 bits per heavy atom. The van der Waals surface area contributed by atoms with Crippen LogP contribution in [0.2, 0.25) is 0 Å². The molecule has 0 aromatic carbocycles. The molecule has 1 aromatic heterocycles. The van der Waals surface area contributed by atoms with Gasteiger partial charge in [-0.3, -0.25) is 0 Å². The van der Waals surface area contributed by atoms with Gasteiger partial charge in [0, 0.05) is 10.8 Å². The highest BCUT2D eigenvalue weighted by Gasteiger charge is 2.28. The third-order valence-electron chi connectivity index (χ3n) is 2.56. The highest BCUT2D eigenvalue weighted by molar-refractivity contribution is 7.10. The topological polar surface area (TPSA) is 9.23 Å². The van der Waals surface area contributed by atoms with Gasteiger partial charge in [-0.2, -0.15) is 4.94 Å². The van der Waals surface area contributed by atoms with Crippen molar-refractivity contribution in [1.29, 1.82) is 0 Å². The first-order chi connectivity index (χ1) is 5.83. The van der Waals surface area contributed by atoms with Crippen LogP contribution in [0, 0.1) is 0 Å². The molecule has 1 aliphatic carbocycles. The lowest BCUT2D eigenvalue weighted by molar-refractivity contribution is -0.188. The minimum absolute atomic E-state index is 0.221. The van der Waals surface area contributed by atoms with Crippen molar-refractivity contribution in [2.45, 2.75) is 31.8 Å². The van der Waals surface area contributed by atoms with Gasteiger partial charge < -0.3 is 0 Å². The van der Waals surface area contributed by atoms with E-state index in [0.717, 1.165) is 12.8 Å². The summed E-state index contributed by atoms with van der Waals surface area (Å²) in [5, 5.41) is 2.07. The van der Waals surface area contributed by atoms with Gasteiger partial charge in [-0.1, -0.05) is 6.92 Å². The number of fused-ring (bicyclic) bond motifs is 1. The van der Waals surface area contributed by atoms with Crippen molar-refractivity contribution in [3.05, 3.63) is 21.9 Å². The Kier molecular flexibility index (Phi) is 2.15. The van der Waals surface area contributed by atoms with Crippen LogP contribution in [-0.2, 0) is 11.4 Å². The Bertz CT molecular complexity index is 271. The lowest BCUT2D eigenvalue weighted by atomic mass is 9.88. The van der Waals surface area contributed by atoms with Gasteiger partial charge in [-0.15, -0.1) is 11.3 Å². The van der Waals surface area contributed by atoms with Crippen LogP contribution in [0.5, 0.6) is 0 Å². The van der Waals surface area contributed by atoms with Crippen LogP contribution in [0.25, 0.3) is 0 Å². The summed E-state index contributed by atoms with van der Waals surface area (Å²) in [6.45, 7) is 2.03. The van der Waals surface area contributed by atoms with Crippen molar-refractivity contribution < 1.29 is 9.47 Å². The zero-order valence-corrected chi connectivity index (χ0v) is 7.73. The largest absolute Gasteiger partial charge is 0.190 e. The van der Waals surface area contributed by atoms with Gasteiger partial charge >= 0.3 is 0 Å². The fourth-order valence-electron chi connectivity index (χ4n) is 1.79. The maximum absolute atomic E-state index is 12.0. The predicted molar refractivity (Wildman–Crippen MR) is 47.0 cm³/mol. The molecule has 0 aliphatic heterocycles. The van der Waals surface area contributed by atoms with Gasteiger partial charge in [0.25, 0.3) is 0 Å². The summed E-state index contributed by atoms with van der Waals surface area (Å²) in [5.41, 5.74) is 1.38. The number of hydrogen-bond donors (Lipinski definition) is 0. The van der Waals surface area contributed by atoms with Gasteiger partial charge in [-0.25, -0.2) is 0 Å². The van der Waals surface area contributed by atoms with E-state index in [2.05, 4.69) is 16.4 Å². The van der Waals surface area contributed by atoms with E-state index in [9.17, 15) is 4.53 Å². The molecule has 0 fully saturated rings. The first kappa shape index (κ1) is 8.20. The highest BCUT2D eigenvalue weighted by atomic mass is 32.1. The van der Waals surface area contributed by atoms with Crippen LogP contribution in [-0.4, -0.2) is 6.10 Å². The molecule has 1 nitrogen and oxygen atoms in total. The van der Waals surface area contributed by atoms with Gasteiger partial charge in [0.05, 0.1) is 0 Å². The Labute approximate surface area is 75.1 Å². The number of thiophene rings is 1. The SMILES string of the molecule is CC1c2sccc2CCC1OF. The van der Waals surface area contributed by atoms with Gasteiger partial charge in [0.2, 0.25) is 0 Å². The zero-order chi connectivity index (χ0) is 8.55. The molecule has 2 unspecified atom stereocenters. The van der Waals surface area contributed by atoms with Crippen LogP contribution >= 0.6 is 11.3 Å². The molecule has 0 radical (unpaired) electrons. The van der Waals surface area contributed by atoms with Crippen LogP contribution in [0.3, 0.4) is 0 Å². The minimum Gasteiger partial charge on any atom is -0.190 e. The van der Waals surface area contributed by atoms with Gasteiger partial charge in [-0.05, 0) is 34.4 Å². The van der Waals surface area contributed by atoms with Crippen LogP contribution in [0.4, 0.5) is 4.53 Å². The second-order valence-corrected chi connectivity index (χ2v) is 4.21. The molecule has 2 atom stereocenters. The lowest BCUT2D eigenvalue weighted by Gasteiger charge is -2.24. The van der Waals surface area contributed by atoms with E-state index >= 15 is 0 Å². The molecular formula is C9H11FOS. The van der Waals surface area contributed by atoms with E-state index < -0.39 is 0 Å². The number of aryl methyl sites for hydroxylation is 1. The molecule has 1 aliphatic rings. The molecule has 0 saturated heterocycles. The maximum Gasteiger partial charge on any atom is 0.106 e. The lowest BCUT2D eigenvalue weighted by Crippen LogP contribution is -2.22. The summed E-state index contributed by atoms with van der Waals surface area (Å²) in [6, 6.07) is 2.13. The molecule has 66 valence electrons. The van der Waals surface area contributed by atoms with Crippen molar-refractivity contribution in [3.8, 4) is 0 Å². The Balaban J connectivity index is 2.29. The quantitative estimate of drug-likeness (QED) is 0.655. The summed E-state index contributed by atoms with van der Waals surface area (Å²) < 4.78 is 12.0. The van der Waals surface area contributed by atoms with Crippen LogP contribution in [0.1, 0.15) is 29.7 Å². The monoisotopic (exact) mass is 186 g/mol. The average molecular weight is 186 g/mol. The standard InChI is InChI=1S/C9H11FOS/c1-6-8(11-10)3-2-7-4-5-12-9(6)7/h4-6,8H,2-3H2,1H3. The van der Waals surface area contributed by atoms with Gasteiger partial charge in [0.1, 0.15) is 6.10 Å². The number of rotatable bonds is 1. The van der Waals surface area contributed by atoms with Crippen LogP contribution < -0.4 is 0 Å². The summed E-state index contributed by atoms with van der Waals surface area (Å²) in [5.74, 6) is 0.221. The Morgan fingerprint density at radius 3 is 3.25 bits per heavy atom. The Hall–Kier alpha value is -0.410. The summed E-state index contributed by atoms with van der Waals surface area (Å²) >= 11 is 1.71. The molecule has 0 N–H and O–H groups in total. The molecule has 1 aromatic rings. The second-order valence-electron chi connectivity index (χ2n) is 3.26. The van der Waals surface area contributed by atoms with Gasteiger partial charge in [0.15, 0.2) is 0 Å². The zero-order valence-electron chi connectivity index (χ0n) is 6.92. The molecule has 1 heterocycles. The first-order valence-corrected chi connectivity index (χ1v) is 5.04. The number of hydrogen-bond acceptors (Lipinski definition) is 2. The van der Waals surface area contributed by atoms with E-state index in [1.54, 1.807) is 11.3 Å². The normalized spacial score (nSPS) is 28.5. The molecular weight excluding hydrogens is 175 g/mol. The maximum atomic E-state index is 12.0. The molecule has 12 heavy (non-hydrogen) atoms.